The Bertz CT molecular complexity index is 477. The van der Waals surface area contributed by atoms with Crippen LogP contribution in [0.2, 0.25) is 0 Å². The number of benzene rings is 2. The van der Waals surface area contributed by atoms with Gasteiger partial charge < -0.3 is 5.11 Å². The minimum absolute atomic E-state index is 0.0607. The molecule has 1 nitrogen and oxygen atoms in total. The lowest BCUT2D eigenvalue weighted by atomic mass is 10.0. The summed E-state index contributed by atoms with van der Waals surface area (Å²) in [6.45, 7) is 0. The Morgan fingerprint density at radius 3 is 2.13 bits per heavy atom. The molecule has 2 aromatic carbocycles. The first kappa shape index (κ1) is 9.87. The van der Waals surface area contributed by atoms with Crippen molar-refractivity contribution in [2.75, 3.05) is 0 Å². The summed E-state index contributed by atoms with van der Waals surface area (Å²) in [7, 11) is 0. The minimum atomic E-state index is -0.0607. The zero-order chi connectivity index (χ0) is 10.7. The van der Waals surface area contributed by atoms with Crippen LogP contribution in [0.5, 0.6) is 0 Å². The SMILES string of the molecule is OC(=S)c1ccccc1-c1ccccc1. The third kappa shape index (κ3) is 2.05. The van der Waals surface area contributed by atoms with Gasteiger partial charge in [0.1, 0.15) is 0 Å². The molecule has 0 radical (unpaired) electrons. The summed E-state index contributed by atoms with van der Waals surface area (Å²) in [5.41, 5.74) is 2.73. The van der Waals surface area contributed by atoms with Crippen molar-refractivity contribution in [1.29, 1.82) is 0 Å². The van der Waals surface area contributed by atoms with E-state index in [4.69, 9.17) is 12.2 Å². The molecule has 74 valence electrons. The van der Waals surface area contributed by atoms with E-state index < -0.39 is 0 Å². The molecule has 0 atom stereocenters. The van der Waals surface area contributed by atoms with Gasteiger partial charge in [0, 0.05) is 5.56 Å². The largest absolute Gasteiger partial charge is 0.499 e. The summed E-state index contributed by atoms with van der Waals surface area (Å²) in [4.78, 5) is 0. The fourth-order valence-electron chi connectivity index (χ4n) is 1.54. The topological polar surface area (TPSA) is 20.2 Å². The lowest BCUT2D eigenvalue weighted by Crippen LogP contribution is -1.97. The van der Waals surface area contributed by atoms with Gasteiger partial charge in [-0.2, -0.15) is 0 Å². The summed E-state index contributed by atoms with van der Waals surface area (Å²) in [6, 6.07) is 17.5. The highest BCUT2D eigenvalue weighted by molar-refractivity contribution is 7.80. The van der Waals surface area contributed by atoms with Gasteiger partial charge in [-0.05, 0) is 29.4 Å². The molecular formula is C13H10OS. The van der Waals surface area contributed by atoms with Crippen LogP contribution in [0.1, 0.15) is 5.56 Å². The second-order valence-electron chi connectivity index (χ2n) is 3.22. The highest BCUT2D eigenvalue weighted by Gasteiger charge is 2.06. The molecule has 1 N–H and O–H groups in total. The number of hydrogen-bond donors (Lipinski definition) is 1. The highest BCUT2D eigenvalue weighted by atomic mass is 32.1. The Balaban J connectivity index is 2.58. The molecule has 2 heteroatoms. The zero-order valence-electron chi connectivity index (χ0n) is 8.05. The van der Waals surface area contributed by atoms with Crippen LogP contribution in [0.15, 0.2) is 54.6 Å². The predicted octanol–water partition coefficient (Wildman–Crippen LogP) is 3.59. The molecule has 0 amide bonds. The monoisotopic (exact) mass is 214 g/mol. The van der Waals surface area contributed by atoms with E-state index in [0.29, 0.717) is 5.56 Å². The average molecular weight is 214 g/mol. The summed E-state index contributed by atoms with van der Waals surface area (Å²) >= 11 is 4.81. The molecule has 0 bridgehead atoms. The van der Waals surface area contributed by atoms with Gasteiger partial charge >= 0.3 is 0 Å². The van der Waals surface area contributed by atoms with Crippen LogP contribution in [0.3, 0.4) is 0 Å². The van der Waals surface area contributed by atoms with Crippen molar-refractivity contribution in [3.05, 3.63) is 60.2 Å². The number of thiocarbonyl (C=S) groups is 1. The third-order valence-corrected chi connectivity index (χ3v) is 2.46. The van der Waals surface area contributed by atoms with E-state index >= 15 is 0 Å². The van der Waals surface area contributed by atoms with E-state index in [1.54, 1.807) is 0 Å². The van der Waals surface area contributed by atoms with Gasteiger partial charge in [-0.15, -0.1) is 0 Å². The number of hydrogen-bond acceptors (Lipinski definition) is 1. The maximum atomic E-state index is 9.40. The van der Waals surface area contributed by atoms with Gasteiger partial charge in [-0.3, -0.25) is 0 Å². The lowest BCUT2D eigenvalue weighted by molar-refractivity contribution is 0.571. The maximum absolute atomic E-state index is 9.40. The molecule has 2 rings (SSSR count). The van der Waals surface area contributed by atoms with Crippen LogP contribution in [-0.2, 0) is 0 Å². The van der Waals surface area contributed by atoms with Gasteiger partial charge in [0.2, 0.25) is 0 Å². The molecule has 0 heterocycles. The zero-order valence-corrected chi connectivity index (χ0v) is 8.87. The van der Waals surface area contributed by atoms with E-state index in [0.717, 1.165) is 11.1 Å². The van der Waals surface area contributed by atoms with Gasteiger partial charge in [0.05, 0.1) is 0 Å². The van der Waals surface area contributed by atoms with Crippen molar-refractivity contribution in [3.63, 3.8) is 0 Å². The molecule has 0 unspecified atom stereocenters. The Hall–Kier alpha value is -1.67. The Morgan fingerprint density at radius 2 is 1.47 bits per heavy atom. The van der Waals surface area contributed by atoms with E-state index in [1.165, 1.54) is 0 Å². The van der Waals surface area contributed by atoms with Crippen molar-refractivity contribution in [1.82, 2.24) is 0 Å². The molecule has 15 heavy (non-hydrogen) atoms. The first-order chi connectivity index (χ1) is 7.29. The standard InChI is InChI=1S/C13H10OS/c14-13(15)12-9-5-4-8-11(12)10-6-2-1-3-7-10/h1-9H,(H,14,15). The Morgan fingerprint density at radius 1 is 0.867 bits per heavy atom. The highest BCUT2D eigenvalue weighted by Crippen LogP contribution is 2.23. The first-order valence-corrected chi connectivity index (χ1v) is 5.07. The fourth-order valence-corrected chi connectivity index (χ4v) is 1.72. The van der Waals surface area contributed by atoms with E-state index in [1.807, 2.05) is 54.6 Å². The summed E-state index contributed by atoms with van der Waals surface area (Å²) < 4.78 is 0. The Labute approximate surface area is 94.0 Å². The predicted molar refractivity (Wildman–Crippen MR) is 66.2 cm³/mol. The normalized spacial score (nSPS) is 9.87. The smallest absolute Gasteiger partial charge is 0.189 e. The lowest BCUT2D eigenvalue weighted by Gasteiger charge is -2.06. The van der Waals surface area contributed by atoms with Crippen LogP contribution in [0.4, 0.5) is 0 Å². The van der Waals surface area contributed by atoms with Crippen molar-refractivity contribution >= 4 is 17.3 Å². The van der Waals surface area contributed by atoms with E-state index in [-0.39, 0.29) is 5.05 Å². The molecular weight excluding hydrogens is 204 g/mol. The quantitative estimate of drug-likeness (QED) is 0.771. The van der Waals surface area contributed by atoms with Gasteiger partial charge in [0.15, 0.2) is 5.05 Å². The number of aliphatic hydroxyl groups excluding tert-OH is 1. The molecule has 2 aromatic rings. The molecule has 0 aromatic heterocycles. The summed E-state index contributed by atoms with van der Waals surface area (Å²) in [5, 5.41) is 9.34. The van der Waals surface area contributed by atoms with Crippen molar-refractivity contribution in [3.8, 4) is 11.1 Å². The van der Waals surface area contributed by atoms with Gasteiger partial charge in [0.25, 0.3) is 0 Å². The molecule has 0 aliphatic rings. The second kappa shape index (κ2) is 4.24. The van der Waals surface area contributed by atoms with Crippen LogP contribution in [0, 0.1) is 0 Å². The number of aliphatic hydroxyl groups is 1. The fraction of sp³-hybridized carbons (Fsp3) is 0. The summed E-state index contributed by atoms with van der Waals surface area (Å²) in [5.74, 6) is 0. The van der Waals surface area contributed by atoms with Gasteiger partial charge in [-0.1, -0.05) is 48.5 Å². The van der Waals surface area contributed by atoms with E-state index in [2.05, 4.69) is 0 Å². The van der Waals surface area contributed by atoms with Gasteiger partial charge in [-0.25, -0.2) is 0 Å². The molecule has 0 saturated carbocycles. The van der Waals surface area contributed by atoms with Crippen molar-refractivity contribution in [2.45, 2.75) is 0 Å². The van der Waals surface area contributed by atoms with Crippen LogP contribution in [-0.4, -0.2) is 10.2 Å². The molecule has 0 aliphatic heterocycles. The van der Waals surface area contributed by atoms with Crippen LogP contribution >= 0.6 is 12.2 Å². The van der Waals surface area contributed by atoms with Crippen molar-refractivity contribution in [2.24, 2.45) is 0 Å². The van der Waals surface area contributed by atoms with Crippen LogP contribution in [0.25, 0.3) is 11.1 Å². The molecule has 0 fully saturated rings. The number of rotatable bonds is 2. The average Bonchev–Trinajstić information content (AvgIpc) is 2.30. The van der Waals surface area contributed by atoms with Crippen LogP contribution < -0.4 is 0 Å². The summed E-state index contributed by atoms with van der Waals surface area (Å²) in [6.07, 6.45) is 0. The first-order valence-electron chi connectivity index (χ1n) is 4.67. The molecule has 0 spiro atoms. The third-order valence-electron chi connectivity index (χ3n) is 2.24. The second-order valence-corrected chi connectivity index (χ2v) is 3.60. The Kier molecular flexibility index (Phi) is 2.79. The van der Waals surface area contributed by atoms with E-state index in [9.17, 15) is 5.11 Å². The molecule has 0 aliphatic carbocycles. The minimum Gasteiger partial charge on any atom is -0.499 e. The molecule has 0 saturated heterocycles. The maximum Gasteiger partial charge on any atom is 0.189 e. The van der Waals surface area contributed by atoms with Crippen molar-refractivity contribution < 1.29 is 5.11 Å².